The standard InChI is InChI=1S/C34H48N8O5SSi/c1-32(2,3)46-30(44)35-16-8-10-26(49)27-38-22-13-11-20(18-24(22)39-27)36-29(43)37-21-12-14-23-25(19-21)41-28(40-23)34(48-7)15-9-17-42(34)31(45)47-33(4,5)6/h11-14,18-19,26H,8-10,15-17H2,1-7,49H3,(H,35,44)(H,38,39)(H,40,41)(H2,36,37,43). The van der Waals surface area contributed by atoms with Gasteiger partial charge in [-0.15, -0.1) is 11.8 Å². The minimum absolute atomic E-state index is 0.283. The van der Waals surface area contributed by atoms with E-state index in [0.717, 1.165) is 63.8 Å². The number of fused-ring (bicyclic) bond motifs is 2. The molecule has 13 nitrogen and oxygen atoms in total. The number of H-pyrrole nitrogens is 2. The van der Waals surface area contributed by atoms with Crippen LogP contribution >= 0.6 is 11.8 Å². The Labute approximate surface area is 293 Å². The largest absolute Gasteiger partial charge is 0.444 e. The summed E-state index contributed by atoms with van der Waals surface area (Å²) >= 11 is 1.57. The van der Waals surface area contributed by atoms with E-state index in [4.69, 9.17) is 19.4 Å². The van der Waals surface area contributed by atoms with E-state index in [9.17, 15) is 14.4 Å². The van der Waals surface area contributed by atoms with E-state index in [2.05, 4.69) is 25.9 Å². The number of hydrogen-bond acceptors (Lipinski definition) is 8. The van der Waals surface area contributed by atoms with Crippen LogP contribution in [0, 0.1) is 0 Å². The fourth-order valence-corrected chi connectivity index (χ4v) is 7.57. The van der Waals surface area contributed by atoms with Gasteiger partial charge in [-0.3, -0.25) is 4.90 Å². The molecule has 2 aromatic heterocycles. The lowest BCUT2D eigenvalue weighted by Crippen LogP contribution is -2.45. The molecule has 5 rings (SSSR count). The Balaban J connectivity index is 1.19. The number of rotatable bonds is 9. The Morgan fingerprint density at radius 2 is 1.57 bits per heavy atom. The molecule has 15 heteroatoms. The lowest BCUT2D eigenvalue weighted by atomic mass is 10.2. The van der Waals surface area contributed by atoms with Crippen molar-refractivity contribution < 1.29 is 23.9 Å². The number of aromatic amines is 2. The molecule has 3 heterocycles. The molecule has 2 unspecified atom stereocenters. The summed E-state index contributed by atoms with van der Waals surface area (Å²) in [5.41, 5.74) is 3.53. The van der Waals surface area contributed by atoms with Gasteiger partial charge in [0.15, 0.2) is 0 Å². The molecule has 1 aliphatic heterocycles. The summed E-state index contributed by atoms with van der Waals surface area (Å²) in [6.07, 6.45) is 4.50. The van der Waals surface area contributed by atoms with Crippen LogP contribution in [-0.4, -0.2) is 83.8 Å². The van der Waals surface area contributed by atoms with E-state index in [1.54, 1.807) is 22.7 Å². The third-order valence-electron chi connectivity index (χ3n) is 8.10. The van der Waals surface area contributed by atoms with Gasteiger partial charge >= 0.3 is 18.2 Å². The highest BCUT2D eigenvalue weighted by Gasteiger charge is 2.48. The first-order valence-electron chi connectivity index (χ1n) is 16.7. The van der Waals surface area contributed by atoms with Gasteiger partial charge in [-0.25, -0.2) is 24.4 Å². The number of aromatic nitrogens is 4. The first-order valence-corrected chi connectivity index (χ1v) is 19.0. The van der Waals surface area contributed by atoms with E-state index in [0.29, 0.717) is 30.3 Å². The zero-order valence-electron chi connectivity index (χ0n) is 29.6. The van der Waals surface area contributed by atoms with Gasteiger partial charge in [0, 0.05) is 40.2 Å². The Bertz CT molecular complexity index is 1830. The van der Waals surface area contributed by atoms with E-state index in [1.165, 1.54) is 0 Å². The first kappa shape index (κ1) is 36.0. The number of thioether (sulfide) groups is 1. The number of benzene rings is 2. The molecule has 0 saturated carbocycles. The number of likely N-dealkylation sites (tertiary alicyclic amines) is 1. The molecular weight excluding hydrogens is 661 g/mol. The Morgan fingerprint density at radius 3 is 2.18 bits per heavy atom. The molecule has 2 atom stereocenters. The number of carbonyl (C=O) groups is 3. The molecule has 0 spiro atoms. The maximum Gasteiger partial charge on any atom is 0.411 e. The maximum absolute atomic E-state index is 13.1. The van der Waals surface area contributed by atoms with Crippen molar-refractivity contribution in [3.63, 3.8) is 0 Å². The third-order valence-corrected chi connectivity index (χ3v) is 10.5. The van der Waals surface area contributed by atoms with Crippen LogP contribution in [0.3, 0.4) is 0 Å². The number of ether oxygens (including phenoxy) is 2. The molecule has 49 heavy (non-hydrogen) atoms. The highest BCUT2D eigenvalue weighted by Crippen LogP contribution is 2.46. The van der Waals surface area contributed by atoms with E-state index >= 15 is 0 Å². The van der Waals surface area contributed by atoms with Gasteiger partial charge in [-0.2, -0.15) is 0 Å². The number of imidazole rings is 2. The number of nitrogens with one attached hydrogen (secondary N) is 5. The first-order chi connectivity index (χ1) is 23.0. The van der Waals surface area contributed by atoms with Crippen molar-refractivity contribution in [2.24, 2.45) is 0 Å². The van der Waals surface area contributed by atoms with Crippen molar-refractivity contribution in [3.8, 4) is 0 Å². The second-order valence-electron chi connectivity index (χ2n) is 14.4. The molecule has 0 bridgehead atoms. The molecule has 1 saturated heterocycles. The van der Waals surface area contributed by atoms with Crippen molar-refractivity contribution in [1.29, 1.82) is 0 Å². The Hall–Kier alpha value is -4.24. The van der Waals surface area contributed by atoms with E-state index in [1.807, 2.05) is 78.1 Å². The highest BCUT2D eigenvalue weighted by molar-refractivity contribution is 7.99. The summed E-state index contributed by atoms with van der Waals surface area (Å²) in [5, 5.41) is 8.63. The SMILES string of the molecule is CSC1(c2nc3ccc(NC(=O)Nc4ccc5nc(C([SiH3])CCCNC(=O)OC(C)(C)C)[nH]c5c4)cc3[nH]2)CCCN1C(=O)OC(C)(C)C. The van der Waals surface area contributed by atoms with Crippen LogP contribution in [0.2, 0.25) is 0 Å². The van der Waals surface area contributed by atoms with Gasteiger partial charge in [-0.1, -0.05) is 0 Å². The number of urea groups is 1. The lowest BCUT2D eigenvalue weighted by Gasteiger charge is -2.36. The number of amides is 4. The molecule has 1 aliphatic rings. The Morgan fingerprint density at radius 1 is 0.959 bits per heavy atom. The van der Waals surface area contributed by atoms with Crippen LogP contribution in [0.4, 0.5) is 25.8 Å². The minimum Gasteiger partial charge on any atom is -0.444 e. The number of nitrogens with zero attached hydrogens (tertiary/aromatic N) is 3. The van der Waals surface area contributed by atoms with Crippen molar-refractivity contribution in [2.75, 3.05) is 30.0 Å². The summed E-state index contributed by atoms with van der Waals surface area (Å²) < 4.78 is 11.0. The van der Waals surface area contributed by atoms with Crippen LogP contribution in [0.15, 0.2) is 36.4 Å². The third kappa shape index (κ3) is 8.87. The molecule has 4 amide bonds. The van der Waals surface area contributed by atoms with E-state index < -0.39 is 22.2 Å². The van der Waals surface area contributed by atoms with Crippen molar-refractivity contribution in [3.05, 3.63) is 48.0 Å². The fourth-order valence-electron chi connectivity index (χ4n) is 5.86. The molecular formula is C34H48N8O5SSi. The average molecular weight is 709 g/mol. The summed E-state index contributed by atoms with van der Waals surface area (Å²) in [6.45, 7) is 12.2. The van der Waals surface area contributed by atoms with Crippen LogP contribution in [-0.2, 0) is 14.3 Å². The molecule has 4 aromatic rings. The van der Waals surface area contributed by atoms with Gasteiger partial charge in [0.2, 0.25) is 0 Å². The van der Waals surface area contributed by atoms with Gasteiger partial charge in [0.25, 0.3) is 0 Å². The van der Waals surface area contributed by atoms with Gasteiger partial charge < -0.3 is 35.4 Å². The predicted molar refractivity (Wildman–Crippen MR) is 198 cm³/mol. The summed E-state index contributed by atoms with van der Waals surface area (Å²) in [7, 11) is 0.897. The molecule has 264 valence electrons. The van der Waals surface area contributed by atoms with Crippen molar-refractivity contribution >= 4 is 73.7 Å². The summed E-state index contributed by atoms with van der Waals surface area (Å²) in [6, 6.07) is 10.7. The molecule has 0 radical (unpaired) electrons. The maximum atomic E-state index is 13.1. The van der Waals surface area contributed by atoms with Crippen LogP contribution in [0.1, 0.15) is 84.4 Å². The lowest BCUT2D eigenvalue weighted by molar-refractivity contribution is 0.0183. The quantitative estimate of drug-likeness (QED) is 0.0992. The summed E-state index contributed by atoms with van der Waals surface area (Å²) in [5.74, 6) is 1.59. The average Bonchev–Trinajstić information content (AvgIpc) is 3.74. The fraction of sp³-hybridized carbons (Fsp3) is 0.500. The normalized spacial score (nSPS) is 17.3. The Kier molecular flexibility index (Phi) is 10.5. The smallest absolute Gasteiger partial charge is 0.411 e. The van der Waals surface area contributed by atoms with E-state index in [-0.39, 0.29) is 17.7 Å². The van der Waals surface area contributed by atoms with Crippen molar-refractivity contribution in [2.45, 2.75) is 88.8 Å². The van der Waals surface area contributed by atoms with Gasteiger partial charge in [0.05, 0.1) is 22.1 Å². The number of alkyl carbamates (subject to hydrolysis) is 1. The van der Waals surface area contributed by atoms with Crippen molar-refractivity contribution in [1.82, 2.24) is 30.2 Å². The zero-order chi connectivity index (χ0) is 35.6. The molecule has 0 aliphatic carbocycles. The zero-order valence-corrected chi connectivity index (χ0v) is 32.4. The molecule has 1 fully saturated rings. The number of anilines is 2. The summed E-state index contributed by atoms with van der Waals surface area (Å²) in [4.78, 5) is 55.6. The second-order valence-corrected chi connectivity index (χ2v) is 16.9. The molecule has 5 N–H and O–H groups in total. The van der Waals surface area contributed by atoms with Crippen LogP contribution in [0.5, 0.6) is 0 Å². The molecule has 2 aromatic carbocycles. The topological polar surface area (TPSA) is 166 Å². The highest BCUT2D eigenvalue weighted by atomic mass is 32.2. The minimum atomic E-state index is -0.670. The van der Waals surface area contributed by atoms with Crippen LogP contribution in [0.25, 0.3) is 22.1 Å². The van der Waals surface area contributed by atoms with Gasteiger partial charge in [0.1, 0.15) is 27.7 Å². The number of hydrogen-bond donors (Lipinski definition) is 5. The second kappa shape index (κ2) is 14.3. The number of carbonyl (C=O) groups excluding carboxylic acids is 3. The predicted octanol–water partition coefficient (Wildman–Crippen LogP) is 6.34. The monoisotopic (exact) mass is 708 g/mol. The van der Waals surface area contributed by atoms with Gasteiger partial charge in [-0.05, 0) is 110 Å². The van der Waals surface area contributed by atoms with Crippen LogP contribution < -0.4 is 16.0 Å².